The lowest BCUT2D eigenvalue weighted by atomic mass is 10.1. The lowest BCUT2D eigenvalue weighted by molar-refractivity contribution is -0.118. The topological polar surface area (TPSA) is 46.9 Å². The van der Waals surface area contributed by atoms with Crippen molar-refractivity contribution in [1.29, 1.82) is 0 Å². The van der Waals surface area contributed by atoms with Gasteiger partial charge >= 0.3 is 0 Å². The van der Waals surface area contributed by atoms with E-state index in [1.807, 2.05) is 54.7 Å². The minimum Gasteiger partial charge on any atom is -0.324 e. The summed E-state index contributed by atoms with van der Waals surface area (Å²) in [5.41, 5.74) is 3.01. The molecule has 0 saturated carbocycles. The van der Waals surface area contributed by atoms with Gasteiger partial charge in [-0.3, -0.25) is 9.48 Å². The van der Waals surface area contributed by atoms with Crippen molar-refractivity contribution in [1.82, 2.24) is 9.78 Å². The van der Waals surface area contributed by atoms with Crippen molar-refractivity contribution in [2.75, 3.05) is 5.32 Å². The van der Waals surface area contributed by atoms with Gasteiger partial charge in [-0.15, -0.1) is 0 Å². The van der Waals surface area contributed by atoms with Gasteiger partial charge in [0, 0.05) is 18.1 Å². The zero-order chi connectivity index (χ0) is 17.5. The van der Waals surface area contributed by atoms with Crippen LogP contribution in [0.15, 0.2) is 73.1 Å². The smallest absolute Gasteiger partial charge is 0.253 e. The molecule has 128 valence electrons. The summed E-state index contributed by atoms with van der Waals surface area (Å²) in [7, 11) is 0. The Morgan fingerprint density at radius 1 is 1.08 bits per heavy atom. The summed E-state index contributed by atoms with van der Waals surface area (Å²) < 4.78 is 1.68. The van der Waals surface area contributed by atoms with Crippen LogP contribution < -0.4 is 5.32 Å². The lowest BCUT2D eigenvalue weighted by Gasteiger charge is -2.18. The molecule has 0 aliphatic carbocycles. The number of rotatable bonds is 7. The number of amides is 1. The van der Waals surface area contributed by atoms with Crippen LogP contribution in [-0.4, -0.2) is 15.7 Å². The number of anilines is 1. The first-order valence-electron chi connectivity index (χ1n) is 8.72. The summed E-state index contributed by atoms with van der Waals surface area (Å²) in [6, 6.07) is 19.1. The zero-order valence-corrected chi connectivity index (χ0v) is 14.4. The summed E-state index contributed by atoms with van der Waals surface area (Å²) in [5.74, 6) is -0.101. The van der Waals surface area contributed by atoms with Crippen LogP contribution in [0, 0.1) is 0 Å². The van der Waals surface area contributed by atoms with Gasteiger partial charge in [0.05, 0.1) is 0 Å². The number of aryl methyl sites for hydroxylation is 1. The molecule has 1 aromatic heterocycles. The quantitative estimate of drug-likeness (QED) is 0.694. The van der Waals surface area contributed by atoms with E-state index in [0.29, 0.717) is 0 Å². The van der Waals surface area contributed by atoms with Crippen LogP contribution in [0.4, 0.5) is 5.69 Å². The number of hydrogen-bond donors (Lipinski definition) is 1. The fourth-order valence-corrected chi connectivity index (χ4v) is 2.84. The largest absolute Gasteiger partial charge is 0.324 e. The van der Waals surface area contributed by atoms with Gasteiger partial charge in [0.15, 0.2) is 6.04 Å². The fraction of sp³-hybridized carbons (Fsp3) is 0.238. The standard InChI is InChI=1S/C21H23N3O/c1-2-3-8-17-11-13-19(14-12-17)23-21(25)20(24-16-7-15-22-24)18-9-5-4-6-10-18/h4-7,9-16,20H,2-3,8H2,1H3,(H,23,25). The molecule has 1 heterocycles. The highest BCUT2D eigenvalue weighted by atomic mass is 16.2. The summed E-state index contributed by atoms with van der Waals surface area (Å²) in [6.07, 6.45) is 6.93. The van der Waals surface area contributed by atoms with Crippen LogP contribution in [0.3, 0.4) is 0 Å². The number of nitrogens with zero attached hydrogens (tertiary/aromatic N) is 2. The molecule has 4 nitrogen and oxygen atoms in total. The number of hydrogen-bond acceptors (Lipinski definition) is 2. The minimum atomic E-state index is -0.490. The number of unbranched alkanes of at least 4 members (excludes halogenated alkanes) is 1. The second-order valence-corrected chi connectivity index (χ2v) is 6.09. The summed E-state index contributed by atoms with van der Waals surface area (Å²) in [4.78, 5) is 12.9. The Morgan fingerprint density at radius 3 is 2.48 bits per heavy atom. The van der Waals surface area contributed by atoms with E-state index in [0.717, 1.165) is 17.7 Å². The van der Waals surface area contributed by atoms with Crippen molar-refractivity contribution in [3.8, 4) is 0 Å². The Balaban J connectivity index is 1.77. The van der Waals surface area contributed by atoms with Crippen LogP contribution in [-0.2, 0) is 11.2 Å². The van der Waals surface area contributed by atoms with Gasteiger partial charge in [-0.25, -0.2) is 0 Å². The molecular formula is C21H23N3O. The zero-order valence-electron chi connectivity index (χ0n) is 14.4. The Kier molecular flexibility index (Phi) is 5.62. The van der Waals surface area contributed by atoms with Crippen LogP contribution in [0.25, 0.3) is 0 Å². The highest BCUT2D eigenvalue weighted by molar-refractivity contribution is 5.95. The normalized spacial score (nSPS) is 11.9. The van der Waals surface area contributed by atoms with E-state index in [4.69, 9.17) is 0 Å². The van der Waals surface area contributed by atoms with E-state index < -0.39 is 6.04 Å². The molecule has 0 saturated heterocycles. The van der Waals surface area contributed by atoms with E-state index in [-0.39, 0.29) is 5.91 Å². The monoisotopic (exact) mass is 333 g/mol. The summed E-state index contributed by atoms with van der Waals surface area (Å²) in [5, 5.41) is 7.27. The molecule has 0 fully saturated rings. The molecule has 0 spiro atoms. The van der Waals surface area contributed by atoms with Crippen molar-refractivity contribution >= 4 is 11.6 Å². The average molecular weight is 333 g/mol. The number of carbonyl (C=O) groups is 1. The lowest BCUT2D eigenvalue weighted by Crippen LogP contribution is -2.27. The average Bonchev–Trinajstić information content (AvgIpc) is 3.16. The molecule has 25 heavy (non-hydrogen) atoms. The maximum atomic E-state index is 12.9. The molecule has 0 radical (unpaired) electrons. The van der Waals surface area contributed by atoms with Crippen LogP contribution in [0.2, 0.25) is 0 Å². The summed E-state index contributed by atoms with van der Waals surface area (Å²) in [6.45, 7) is 2.19. The van der Waals surface area contributed by atoms with Crippen molar-refractivity contribution in [3.05, 3.63) is 84.2 Å². The third kappa shape index (κ3) is 4.35. The number of aromatic nitrogens is 2. The number of nitrogens with one attached hydrogen (secondary N) is 1. The molecule has 1 amide bonds. The van der Waals surface area contributed by atoms with Gasteiger partial charge in [0.25, 0.3) is 5.91 Å². The van der Waals surface area contributed by atoms with Gasteiger partial charge in [-0.1, -0.05) is 55.8 Å². The van der Waals surface area contributed by atoms with E-state index in [1.54, 1.807) is 10.9 Å². The molecule has 4 heteroatoms. The first-order valence-corrected chi connectivity index (χ1v) is 8.72. The first-order chi connectivity index (χ1) is 12.3. The van der Waals surface area contributed by atoms with Crippen molar-refractivity contribution in [2.24, 2.45) is 0 Å². The maximum absolute atomic E-state index is 12.9. The molecule has 2 aromatic carbocycles. The third-order valence-electron chi connectivity index (χ3n) is 4.19. The van der Waals surface area contributed by atoms with Crippen LogP contribution in [0.1, 0.15) is 36.9 Å². The molecule has 3 rings (SSSR count). The highest BCUT2D eigenvalue weighted by Crippen LogP contribution is 2.20. The Morgan fingerprint density at radius 2 is 1.84 bits per heavy atom. The highest BCUT2D eigenvalue weighted by Gasteiger charge is 2.22. The van der Waals surface area contributed by atoms with Crippen molar-refractivity contribution < 1.29 is 4.79 Å². The Hall–Kier alpha value is -2.88. The number of carbonyl (C=O) groups excluding carboxylic acids is 1. The number of benzene rings is 2. The van der Waals surface area contributed by atoms with Gasteiger partial charge in [-0.2, -0.15) is 5.10 Å². The second kappa shape index (κ2) is 8.29. The third-order valence-corrected chi connectivity index (χ3v) is 4.19. The molecule has 3 aromatic rings. The molecule has 1 unspecified atom stereocenters. The molecule has 0 aliphatic heterocycles. The fourth-order valence-electron chi connectivity index (χ4n) is 2.84. The molecular weight excluding hydrogens is 310 g/mol. The van der Waals surface area contributed by atoms with E-state index in [9.17, 15) is 4.79 Å². The van der Waals surface area contributed by atoms with Crippen molar-refractivity contribution in [3.63, 3.8) is 0 Å². The molecule has 1 N–H and O–H groups in total. The molecule has 0 bridgehead atoms. The van der Waals surface area contributed by atoms with Gasteiger partial charge in [0.2, 0.25) is 0 Å². The predicted molar refractivity (Wildman–Crippen MR) is 100 cm³/mol. The first kappa shape index (κ1) is 17.0. The molecule has 1 atom stereocenters. The van der Waals surface area contributed by atoms with Gasteiger partial charge in [0.1, 0.15) is 0 Å². The SMILES string of the molecule is CCCCc1ccc(NC(=O)C(c2ccccc2)n2cccn2)cc1. The van der Waals surface area contributed by atoms with E-state index in [2.05, 4.69) is 29.5 Å². The Bertz CT molecular complexity index is 780. The predicted octanol–water partition coefficient (Wildman–Crippen LogP) is 4.45. The van der Waals surface area contributed by atoms with Gasteiger partial charge < -0.3 is 5.32 Å². The van der Waals surface area contributed by atoms with E-state index in [1.165, 1.54) is 18.4 Å². The van der Waals surface area contributed by atoms with Crippen molar-refractivity contribution in [2.45, 2.75) is 32.2 Å². The van der Waals surface area contributed by atoms with Gasteiger partial charge in [-0.05, 0) is 42.2 Å². The summed E-state index contributed by atoms with van der Waals surface area (Å²) >= 11 is 0. The Labute approximate surface area is 148 Å². The van der Waals surface area contributed by atoms with E-state index >= 15 is 0 Å². The van der Waals surface area contributed by atoms with Crippen LogP contribution >= 0.6 is 0 Å². The second-order valence-electron chi connectivity index (χ2n) is 6.09. The molecule has 0 aliphatic rings. The maximum Gasteiger partial charge on any atom is 0.253 e. The van der Waals surface area contributed by atoms with Crippen LogP contribution in [0.5, 0.6) is 0 Å². The minimum absolute atomic E-state index is 0.101.